The monoisotopic (exact) mass is 344 g/mol. The first kappa shape index (κ1) is 16.0. The highest BCUT2D eigenvalue weighted by molar-refractivity contribution is 8.00. The molecule has 0 aliphatic carbocycles. The molecular formula is C17H16N2O2S2. The van der Waals surface area contributed by atoms with Crippen LogP contribution in [0.4, 0.5) is 0 Å². The lowest BCUT2D eigenvalue weighted by Crippen LogP contribution is -2.01. The predicted octanol–water partition coefficient (Wildman–Crippen LogP) is 4.37. The second-order valence-electron chi connectivity index (χ2n) is 4.88. The summed E-state index contributed by atoms with van der Waals surface area (Å²) in [5.41, 5.74) is 0.868. The topological polar surface area (TPSA) is 52.1 Å². The van der Waals surface area contributed by atoms with Gasteiger partial charge in [0.15, 0.2) is 5.78 Å². The largest absolute Gasteiger partial charge is 0.494 e. The average molecular weight is 344 g/mol. The number of thioether (sulfide) groups is 1. The van der Waals surface area contributed by atoms with Gasteiger partial charge in [-0.25, -0.2) is 9.97 Å². The van der Waals surface area contributed by atoms with E-state index < -0.39 is 0 Å². The van der Waals surface area contributed by atoms with Crippen LogP contribution in [0.1, 0.15) is 22.4 Å². The number of hydrogen-bond donors (Lipinski definition) is 0. The molecule has 0 fully saturated rings. The van der Waals surface area contributed by atoms with Crippen molar-refractivity contribution in [3.05, 3.63) is 46.4 Å². The SMILES string of the molecule is CCOc1ccc2nc(C)nc(SCC(=O)c3cccs3)c2c1. The summed E-state index contributed by atoms with van der Waals surface area (Å²) >= 11 is 2.91. The maximum absolute atomic E-state index is 12.2. The minimum atomic E-state index is 0.121. The Morgan fingerprint density at radius 3 is 2.91 bits per heavy atom. The number of ketones is 1. The molecule has 6 heteroatoms. The molecule has 2 aromatic heterocycles. The Morgan fingerprint density at radius 1 is 1.30 bits per heavy atom. The Balaban J connectivity index is 1.89. The molecule has 0 aliphatic rings. The predicted molar refractivity (Wildman–Crippen MR) is 94.8 cm³/mol. The lowest BCUT2D eigenvalue weighted by atomic mass is 10.2. The third-order valence-electron chi connectivity index (χ3n) is 3.19. The molecule has 0 bridgehead atoms. The lowest BCUT2D eigenvalue weighted by Gasteiger charge is -2.08. The molecule has 0 saturated carbocycles. The van der Waals surface area contributed by atoms with E-state index in [9.17, 15) is 4.79 Å². The first-order valence-electron chi connectivity index (χ1n) is 7.28. The van der Waals surface area contributed by atoms with Crippen LogP contribution in [-0.4, -0.2) is 28.1 Å². The standard InChI is InChI=1S/C17H16N2O2S2/c1-3-21-12-6-7-14-13(9-12)17(19-11(2)18-14)23-10-15(20)16-5-4-8-22-16/h4-9H,3,10H2,1-2H3. The molecule has 0 unspecified atom stereocenters. The zero-order valence-corrected chi connectivity index (χ0v) is 14.5. The highest BCUT2D eigenvalue weighted by Gasteiger charge is 2.12. The van der Waals surface area contributed by atoms with Gasteiger partial charge in [0, 0.05) is 5.39 Å². The van der Waals surface area contributed by atoms with Crippen LogP contribution < -0.4 is 4.74 Å². The Kier molecular flexibility index (Phi) is 4.93. The Morgan fingerprint density at radius 2 is 2.17 bits per heavy atom. The molecule has 118 valence electrons. The van der Waals surface area contributed by atoms with E-state index in [1.807, 2.05) is 49.6 Å². The number of rotatable bonds is 6. The van der Waals surface area contributed by atoms with Crippen LogP contribution in [0.2, 0.25) is 0 Å². The van der Waals surface area contributed by atoms with Gasteiger partial charge in [-0.3, -0.25) is 4.79 Å². The van der Waals surface area contributed by atoms with Crippen molar-refractivity contribution < 1.29 is 9.53 Å². The molecule has 0 N–H and O–H groups in total. The summed E-state index contributed by atoms with van der Waals surface area (Å²) in [6.07, 6.45) is 0. The molecule has 0 amide bonds. The van der Waals surface area contributed by atoms with Crippen LogP contribution in [0.3, 0.4) is 0 Å². The molecule has 0 radical (unpaired) electrons. The van der Waals surface area contributed by atoms with Gasteiger partial charge in [0.05, 0.1) is 22.8 Å². The van der Waals surface area contributed by atoms with E-state index in [2.05, 4.69) is 9.97 Å². The molecular weight excluding hydrogens is 328 g/mol. The summed E-state index contributed by atoms with van der Waals surface area (Å²) in [6.45, 7) is 4.42. The van der Waals surface area contributed by atoms with Gasteiger partial charge in [-0.15, -0.1) is 11.3 Å². The second-order valence-corrected chi connectivity index (χ2v) is 6.79. The average Bonchev–Trinajstić information content (AvgIpc) is 3.07. The van der Waals surface area contributed by atoms with E-state index in [-0.39, 0.29) is 5.78 Å². The number of carbonyl (C=O) groups is 1. The van der Waals surface area contributed by atoms with Crippen LogP contribution in [0.5, 0.6) is 5.75 Å². The van der Waals surface area contributed by atoms with Gasteiger partial charge in [-0.05, 0) is 43.5 Å². The number of Topliss-reactive ketones (excluding diaryl/α,β-unsaturated/α-hetero) is 1. The number of aryl methyl sites for hydroxylation is 1. The lowest BCUT2D eigenvalue weighted by molar-refractivity contribution is 0.102. The van der Waals surface area contributed by atoms with Gasteiger partial charge >= 0.3 is 0 Å². The van der Waals surface area contributed by atoms with Crippen LogP contribution in [0.15, 0.2) is 40.7 Å². The number of nitrogens with zero attached hydrogens (tertiary/aromatic N) is 2. The molecule has 3 aromatic rings. The zero-order chi connectivity index (χ0) is 16.2. The third-order valence-corrected chi connectivity index (χ3v) is 5.09. The summed E-state index contributed by atoms with van der Waals surface area (Å²) in [5.74, 6) is 1.98. The molecule has 0 saturated heterocycles. The van der Waals surface area contributed by atoms with Gasteiger partial charge in [0.2, 0.25) is 0 Å². The number of fused-ring (bicyclic) bond motifs is 1. The quantitative estimate of drug-likeness (QED) is 0.377. The smallest absolute Gasteiger partial charge is 0.183 e. The Bertz CT molecular complexity index is 832. The number of ether oxygens (including phenoxy) is 1. The van der Waals surface area contributed by atoms with E-state index in [4.69, 9.17) is 4.74 Å². The van der Waals surface area contributed by atoms with Gasteiger partial charge in [-0.2, -0.15) is 0 Å². The summed E-state index contributed by atoms with van der Waals surface area (Å²) in [7, 11) is 0. The summed E-state index contributed by atoms with van der Waals surface area (Å²) in [6, 6.07) is 9.52. The summed E-state index contributed by atoms with van der Waals surface area (Å²) < 4.78 is 5.55. The fraction of sp³-hybridized carbons (Fsp3) is 0.235. The second kappa shape index (κ2) is 7.10. The summed E-state index contributed by atoms with van der Waals surface area (Å²) in [4.78, 5) is 21.9. The molecule has 0 aliphatic heterocycles. The van der Waals surface area contributed by atoms with E-state index in [1.54, 1.807) is 0 Å². The number of carbonyl (C=O) groups excluding carboxylic acids is 1. The third kappa shape index (κ3) is 3.71. The Labute approximate surface area is 142 Å². The van der Waals surface area contributed by atoms with Crippen molar-refractivity contribution >= 4 is 39.8 Å². The highest BCUT2D eigenvalue weighted by atomic mass is 32.2. The van der Waals surface area contributed by atoms with Crippen molar-refractivity contribution in [1.29, 1.82) is 0 Å². The number of benzene rings is 1. The van der Waals surface area contributed by atoms with E-state index in [0.29, 0.717) is 18.2 Å². The molecule has 23 heavy (non-hydrogen) atoms. The molecule has 0 atom stereocenters. The molecule has 4 nitrogen and oxygen atoms in total. The number of thiophene rings is 1. The van der Waals surface area contributed by atoms with Crippen molar-refractivity contribution in [2.45, 2.75) is 18.9 Å². The normalized spacial score (nSPS) is 10.9. The molecule has 3 rings (SSSR count). The fourth-order valence-electron chi connectivity index (χ4n) is 2.20. The molecule has 0 spiro atoms. The number of aromatic nitrogens is 2. The van der Waals surface area contributed by atoms with E-state index >= 15 is 0 Å². The fourth-order valence-corrected chi connectivity index (χ4v) is 3.89. The van der Waals surface area contributed by atoms with Crippen LogP contribution in [-0.2, 0) is 0 Å². The maximum Gasteiger partial charge on any atom is 0.183 e. The van der Waals surface area contributed by atoms with E-state index in [1.165, 1.54) is 23.1 Å². The zero-order valence-electron chi connectivity index (χ0n) is 12.9. The van der Waals surface area contributed by atoms with Crippen LogP contribution >= 0.6 is 23.1 Å². The maximum atomic E-state index is 12.2. The van der Waals surface area contributed by atoms with Crippen molar-refractivity contribution in [2.24, 2.45) is 0 Å². The van der Waals surface area contributed by atoms with Gasteiger partial charge in [-0.1, -0.05) is 17.8 Å². The van der Waals surface area contributed by atoms with Gasteiger partial charge < -0.3 is 4.74 Å². The Hall–Kier alpha value is -1.92. The number of hydrogen-bond acceptors (Lipinski definition) is 6. The van der Waals surface area contributed by atoms with Gasteiger partial charge in [0.25, 0.3) is 0 Å². The molecule has 2 heterocycles. The van der Waals surface area contributed by atoms with Crippen molar-refractivity contribution in [2.75, 3.05) is 12.4 Å². The summed E-state index contributed by atoms with van der Waals surface area (Å²) in [5, 5.41) is 3.65. The minimum absolute atomic E-state index is 0.121. The van der Waals surface area contributed by atoms with Crippen molar-refractivity contribution in [3.63, 3.8) is 0 Å². The van der Waals surface area contributed by atoms with Crippen LogP contribution in [0.25, 0.3) is 10.9 Å². The minimum Gasteiger partial charge on any atom is -0.494 e. The highest BCUT2D eigenvalue weighted by Crippen LogP contribution is 2.29. The van der Waals surface area contributed by atoms with Gasteiger partial charge in [0.1, 0.15) is 16.6 Å². The van der Waals surface area contributed by atoms with Crippen molar-refractivity contribution in [3.8, 4) is 5.75 Å². The van der Waals surface area contributed by atoms with E-state index in [0.717, 1.165) is 26.6 Å². The first-order valence-corrected chi connectivity index (χ1v) is 9.14. The first-order chi connectivity index (χ1) is 11.2. The molecule has 1 aromatic carbocycles. The van der Waals surface area contributed by atoms with Crippen molar-refractivity contribution in [1.82, 2.24) is 9.97 Å². The van der Waals surface area contributed by atoms with Crippen LogP contribution in [0, 0.1) is 6.92 Å².